The van der Waals surface area contributed by atoms with Crippen molar-refractivity contribution in [1.82, 2.24) is 4.98 Å². The van der Waals surface area contributed by atoms with E-state index in [1.807, 2.05) is 6.07 Å². The number of aromatic hydroxyl groups is 1. The number of carboxylic acids is 1. The highest BCUT2D eigenvalue weighted by atomic mass is 16.4. The second kappa shape index (κ2) is 4.12. The van der Waals surface area contributed by atoms with Crippen LogP contribution < -0.4 is 5.32 Å². The zero-order valence-electron chi connectivity index (χ0n) is 10.3. The molecule has 1 saturated carbocycles. The lowest BCUT2D eigenvalue weighted by Crippen LogP contribution is -2.52. The molecule has 1 aliphatic rings. The van der Waals surface area contributed by atoms with E-state index in [-0.39, 0.29) is 5.75 Å². The molecular formula is C14H14N2O3. The van der Waals surface area contributed by atoms with E-state index in [1.165, 1.54) is 0 Å². The molecular weight excluding hydrogens is 244 g/mol. The molecule has 0 aliphatic heterocycles. The first kappa shape index (κ1) is 11.8. The van der Waals surface area contributed by atoms with Gasteiger partial charge in [-0.1, -0.05) is 6.07 Å². The number of phenols is 1. The first-order valence-corrected chi connectivity index (χ1v) is 6.20. The lowest BCUT2D eigenvalue weighted by atomic mass is 9.76. The summed E-state index contributed by atoms with van der Waals surface area (Å²) in [6, 6.07) is 6.81. The van der Waals surface area contributed by atoms with Gasteiger partial charge in [-0.3, -0.25) is 0 Å². The molecule has 1 heterocycles. The Morgan fingerprint density at radius 2 is 2.11 bits per heavy atom. The van der Waals surface area contributed by atoms with Crippen LogP contribution in [0.25, 0.3) is 10.8 Å². The number of benzene rings is 1. The number of rotatable bonds is 3. The van der Waals surface area contributed by atoms with Crippen molar-refractivity contribution in [2.24, 2.45) is 0 Å². The van der Waals surface area contributed by atoms with E-state index in [0.29, 0.717) is 18.7 Å². The van der Waals surface area contributed by atoms with Gasteiger partial charge >= 0.3 is 5.97 Å². The van der Waals surface area contributed by atoms with Gasteiger partial charge in [-0.25, -0.2) is 9.78 Å². The van der Waals surface area contributed by atoms with E-state index in [9.17, 15) is 15.0 Å². The average Bonchev–Trinajstić information content (AvgIpc) is 2.33. The summed E-state index contributed by atoms with van der Waals surface area (Å²) in [4.78, 5) is 15.6. The molecule has 0 radical (unpaired) electrons. The second-order valence-corrected chi connectivity index (χ2v) is 4.93. The van der Waals surface area contributed by atoms with Crippen molar-refractivity contribution in [2.75, 3.05) is 5.32 Å². The van der Waals surface area contributed by atoms with E-state index >= 15 is 0 Å². The van der Waals surface area contributed by atoms with E-state index in [1.54, 1.807) is 24.4 Å². The summed E-state index contributed by atoms with van der Waals surface area (Å²) >= 11 is 0. The number of aromatic nitrogens is 1. The minimum Gasteiger partial charge on any atom is -0.508 e. The molecule has 1 aliphatic carbocycles. The van der Waals surface area contributed by atoms with E-state index < -0.39 is 11.5 Å². The third-order valence-electron chi connectivity index (χ3n) is 3.72. The van der Waals surface area contributed by atoms with Crippen molar-refractivity contribution in [3.63, 3.8) is 0 Å². The molecule has 98 valence electrons. The van der Waals surface area contributed by atoms with Crippen LogP contribution in [0.4, 0.5) is 5.82 Å². The molecule has 0 amide bonds. The van der Waals surface area contributed by atoms with Gasteiger partial charge in [-0.2, -0.15) is 0 Å². The van der Waals surface area contributed by atoms with Gasteiger partial charge in [0.15, 0.2) is 0 Å². The van der Waals surface area contributed by atoms with Gasteiger partial charge in [0.2, 0.25) is 0 Å². The molecule has 1 aromatic heterocycles. The van der Waals surface area contributed by atoms with Gasteiger partial charge in [-0.15, -0.1) is 0 Å². The largest absolute Gasteiger partial charge is 0.508 e. The third-order valence-corrected chi connectivity index (χ3v) is 3.72. The summed E-state index contributed by atoms with van der Waals surface area (Å²) in [6.45, 7) is 0. The first-order valence-electron chi connectivity index (χ1n) is 6.20. The molecule has 5 nitrogen and oxygen atoms in total. The van der Waals surface area contributed by atoms with Crippen molar-refractivity contribution >= 4 is 22.6 Å². The van der Waals surface area contributed by atoms with Crippen LogP contribution in [-0.4, -0.2) is 26.7 Å². The molecule has 0 bridgehead atoms. The maximum Gasteiger partial charge on any atom is 0.329 e. The number of hydrogen-bond acceptors (Lipinski definition) is 4. The van der Waals surface area contributed by atoms with Crippen LogP contribution in [0.2, 0.25) is 0 Å². The average molecular weight is 258 g/mol. The van der Waals surface area contributed by atoms with Gasteiger partial charge in [0.1, 0.15) is 17.1 Å². The highest BCUT2D eigenvalue weighted by Gasteiger charge is 2.44. The number of nitrogens with one attached hydrogen (secondary N) is 1. The van der Waals surface area contributed by atoms with E-state index in [0.717, 1.165) is 17.2 Å². The molecule has 1 aromatic carbocycles. The fourth-order valence-corrected chi connectivity index (χ4v) is 2.41. The SMILES string of the molecule is O=C(O)C1(Nc2nccc3ccc(O)cc23)CCC1. The number of pyridine rings is 1. The summed E-state index contributed by atoms with van der Waals surface area (Å²) in [7, 11) is 0. The minimum absolute atomic E-state index is 0.140. The predicted octanol–water partition coefficient (Wildman–Crippen LogP) is 2.36. The Hall–Kier alpha value is -2.30. The highest BCUT2D eigenvalue weighted by molar-refractivity contribution is 5.95. The maximum atomic E-state index is 11.4. The quantitative estimate of drug-likeness (QED) is 0.787. The molecule has 0 spiro atoms. The summed E-state index contributed by atoms with van der Waals surface area (Å²) in [5.41, 5.74) is -0.910. The Balaban J connectivity index is 2.05. The maximum absolute atomic E-state index is 11.4. The number of aliphatic carboxylic acids is 1. The number of hydrogen-bond donors (Lipinski definition) is 3. The van der Waals surface area contributed by atoms with Gasteiger partial charge < -0.3 is 15.5 Å². The van der Waals surface area contributed by atoms with Crippen LogP contribution in [-0.2, 0) is 4.79 Å². The van der Waals surface area contributed by atoms with Gasteiger partial charge in [0, 0.05) is 11.6 Å². The molecule has 0 atom stereocenters. The number of carbonyl (C=O) groups is 1. The zero-order valence-corrected chi connectivity index (χ0v) is 10.3. The molecule has 5 heteroatoms. The van der Waals surface area contributed by atoms with E-state index in [2.05, 4.69) is 10.3 Å². The van der Waals surface area contributed by atoms with Gasteiger partial charge in [0.25, 0.3) is 0 Å². The van der Waals surface area contributed by atoms with Crippen molar-refractivity contribution in [3.05, 3.63) is 30.5 Å². The smallest absolute Gasteiger partial charge is 0.329 e. The van der Waals surface area contributed by atoms with Crippen molar-refractivity contribution < 1.29 is 15.0 Å². The van der Waals surface area contributed by atoms with Crippen LogP contribution in [0.15, 0.2) is 30.5 Å². The molecule has 0 unspecified atom stereocenters. The van der Waals surface area contributed by atoms with Crippen molar-refractivity contribution in [3.8, 4) is 5.75 Å². The Morgan fingerprint density at radius 1 is 1.32 bits per heavy atom. The minimum atomic E-state index is -0.910. The Morgan fingerprint density at radius 3 is 2.74 bits per heavy atom. The number of carboxylic acid groups (broad SMARTS) is 1. The van der Waals surface area contributed by atoms with E-state index in [4.69, 9.17) is 0 Å². The fourth-order valence-electron chi connectivity index (χ4n) is 2.41. The zero-order chi connectivity index (χ0) is 13.5. The molecule has 19 heavy (non-hydrogen) atoms. The number of anilines is 1. The summed E-state index contributed by atoms with van der Waals surface area (Å²) < 4.78 is 0. The molecule has 2 aromatic rings. The molecule has 3 rings (SSSR count). The van der Waals surface area contributed by atoms with Crippen LogP contribution >= 0.6 is 0 Å². The molecule has 1 fully saturated rings. The summed E-state index contributed by atoms with van der Waals surface area (Å²) in [5, 5.41) is 23.6. The first-order chi connectivity index (χ1) is 9.11. The lowest BCUT2D eigenvalue weighted by Gasteiger charge is -2.38. The number of phenolic OH excluding ortho intramolecular Hbond substituents is 1. The lowest BCUT2D eigenvalue weighted by molar-refractivity contribution is -0.145. The number of nitrogens with zero attached hydrogens (tertiary/aromatic N) is 1. The molecule has 3 N–H and O–H groups in total. The summed E-state index contributed by atoms with van der Waals surface area (Å²) in [5.74, 6) is -0.199. The topological polar surface area (TPSA) is 82.5 Å². The van der Waals surface area contributed by atoms with Crippen LogP contribution in [0.5, 0.6) is 5.75 Å². The standard InChI is InChI=1S/C14H14N2O3/c17-10-3-2-9-4-7-15-12(11(9)8-10)16-14(13(18)19)5-1-6-14/h2-4,7-8,17H,1,5-6H2,(H,15,16)(H,18,19). The van der Waals surface area contributed by atoms with Crippen molar-refractivity contribution in [2.45, 2.75) is 24.8 Å². The normalized spacial score (nSPS) is 16.8. The Bertz CT molecular complexity index is 650. The molecule has 0 saturated heterocycles. The highest BCUT2D eigenvalue weighted by Crippen LogP contribution is 2.37. The fraction of sp³-hybridized carbons (Fsp3) is 0.286. The monoisotopic (exact) mass is 258 g/mol. The number of fused-ring (bicyclic) bond motifs is 1. The third kappa shape index (κ3) is 1.87. The van der Waals surface area contributed by atoms with Crippen LogP contribution in [0.3, 0.4) is 0 Å². The summed E-state index contributed by atoms with van der Waals surface area (Å²) in [6.07, 6.45) is 3.73. The Labute approximate surface area is 109 Å². The van der Waals surface area contributed by atoms with Crippen LogP contribution in [0, 0.1) is 0 Å². The van der Waals surface area contributed by atoms with Crippen LogP contribution in [0.1, 0.15) is 19.3 Å². The van der Waals surface area contributed by atoms with Gasteiger partial charge in [-0.05, 0) is 42.8 Å². The predicted molar refractivity (Wildman–Crippen MR) is 71.2 cm³/mol. The Kier molecular flexibility index (Phi) is 2.55. The second-order valence-electron chi connectivity index (χ2n) is 4.93. The van der Waals surface area contributed by atoms with Gasteiger partial charge in [0.05, 0.1) is 0 Å². The van der Waals surface area contributed by atoms with Crippen molar-refractivity contribution in [1.29, 1.82) is 0 Å².